The first kappa shape index (κ1) is 18.2. The number of nitrogens with one attached hydrogen (secondary N) is 1. The molecule has 2 aromatic carbocycles. The van der Waals surface area contributed by atoms with E-state index in [0.29, 0.717) is 17.1 Å². The van der Waals surface area contributed by atoms with Gasteiger partial charge in [0.2, 0.25) is 0 Å². The summed E-state index contributed by atoms with van der Waals surface area (Å²) in [4.78, 5) is 14.6. The minimum Gasteiger partial charge on any atom is -0.378 e. The highest BCUT2D eigenvalue weighted by molar-refractivity contribution is 9.10. The monoisotopic (exact) mass is 422 g/mol. The summed E-state index contributed by atoms with van der Waals surface area (Å²) in [5, 5.41) is 3.38. The van der Waals surface area contributed by atoms with Crippen molar-refractivity contribution >= 4 is 39.1 Å². The Morgan fingerprint density at radius 2 is 1.88 bits per heavy atom. The van der Waals surface area contributed by atoms with E-state index < -0.39 is 0 Å². The number of rotatable bonds is 5. The van der Waals surface area contributed by atoms with Crippen molar-refractivity contribution < 1.29 is 9.53 Å². The number of hydrogen-bond acceptors (Lipinski definition) is 3. The fourth-order valence-electron chi connectivity index (χ4n) is 2.78. The predicted molar refractivity (Wildman–Crippen MR) is 105 cm³/mol. The molecular weight excluding hydrogens is 404 g/mol. The fraction of sp³-hybridized carbons (Fsp3) is 0.316. The van der Waals surface area contributed by atoms with Crippen LogP contribution in [-0.2, 0) is 11.2 Å². The van der Waals surface area contributed by atoms with E-state index in [0.717, 1.165) is 37.2 Å². The second kappa shape index (κ2) is 8.70. The van der Waals surface area contributed by atoms with Gasteiger partial charge in [0.15, 0.2) is 0 Å². The third-order valence-electron chi connectivity index (χ3n) is 4.18. The van der Waals surface area contributed by atoms with Crippen LogP contribution >= 0.6 is 27.5 Å². The zero-order valence-electron chi connectivity index (χ0n) is 13.8. The number of amides is 1. The van der Waals surface area contributed by atoms with Crippen LogP contribution < -0.4 is 10.2 Å². The number of ether oxygens (including phenoxy) is 1. The first-order valence-electron chi connectivity index (χ1n) is 8.28. The van der Waals surface area contributed by atoms with Gasteiger partial charge >= 0.3 is 0 Å². The smallest absolute Gasteiger partial charge is 0.252 e. The summed E-state index contributed by atoms with van der Waals surface area (Å²) >= 11 is 9.44. The number of carbonyl (C=O) groups is 1. The number of hydrogen-bond donors (Lipinski definition) is 1. The van der Waals surface area contributed by atoms with Crippen molar-refractivity contribution in [1.82, 2.24) is 5.32 Å². The molecule has 1 fully saturated rings. The van der Waals surface area contributed by atoms with E-state index >= 15 is 0 Å². The summed E-state index contributed by atoms with van der Waals surface area (Å²) in [5.74, 6) is -0.156. The first-order valence-corrected chi connectivity index (χ1v) is 9.45. The first-order chi connectivity index (χ1) is 12.1. The fourth-order valence-corrected chi connectivity index (χ4v) is 3.35. The van der Waals surface area contributed by atoms with Crippen LogP contribution in [0.1, 0.15) is 15.9 Å². The van der Waals surface area contributed by atoms with E-state index in [4.69, 9.17) is 16.3 Å². The number of anilines is 1. The largest absolute Gasteiger partial charge is 0.378 e. The second-order valence-corrected chi connectivity index (χ2v) is 7.22. The van der Waals surface area contributed by atoms with Crippen LogP contribution in [0.4, 0.5) is 5.69 Å². The van der Waals surface area contributed by atoms with Gasteiger partial charge in [-0.15, -0.1) is 0 Å². The molecule has 1 aliphatic rings. The topological polar surface area (TPSA) is 41.6 Å². The maximum atomic E-state index is 12.2. The summed E-state index contributed by atoms with van der Waals surface area (Å²) in [6, 6.07) is 13.8. The van der Waals surface area contributed by atoms with Gasteiger partial charge < -0.3 is 15.0 Å². The molecule has 1 heterocycles. The molecule has 0 radical (unpaired) electrons. The summed E-state index contributed by atoms with van der Waals surface area (Å²) < 4.78 is 6.21. The Morgan fingerprint density at radius 1 is 1.16 bits per heavy atom. The van der Waals surface area contributed by atoms with Crippen molar-refractivity contribution in [2.75, 3.05) is 37.7 Å². The molecule has 6 heteroatoms. The lowest BCUT2D eigenvalue weighted by atomic mass is 10.1. The Morgan fingerprint density at radius 3 is 2.60 bits per heavy atom. The summed E-state index contributed by atoms with van der Waals surface area (Å²) in [6.07, 6.45) is 0.779. The lowest BCUT2D eigenvalue weighted by Gasteiger charge is -2.28. The van der Waals surface area contributed by atoms with Crippen LogP contribution in [0, 0.1) is 0 Å². The predicted octanol–water partition coefficient (Wildman–Crippen LogP) is 3.91. The van der Waals surface area contributed by atoms with Crippen LogP contribution in [-0.4, -0.2) is 38.8 Å². The van der Waals surface area contributed by atoms with E-state index in [2.05, 4.69) is 50.4 Å². The number of halogens is 2. The van der Waals surface area contributed by atoms with Gasteiger partial charge in [0.1, 0.15) is 0 Å². The zero-order valence-corrected chi connectivity index (χ0v) is 16.1. The number of benzene rings is 2. The van der Waals surface area contributed by atoms with Crippen molar-refractivity contribution in [2.45, 2.75) is 6.42 Å². The molecular formula is C19H20BrClN2O2. The molecule has 0 aliphatic carbocycles. The van der Waals surface area contributed by atoms with Gasteiger partial charge in [-0.05, 0) is 42.3 Å². The van der Waals surface area contributed by atoms with Gasteiger partial charge in [-0.2, -0.15) is 0 Å². The minimum absolute atomic E-state index is 0.156. The number of carbonyl (C=O) groups excluding carboxylic acids is 1. The Labute approximate surface area is 161 Å². The van der Waals surface area contributed by atoms with Crippen molar-refractivity contribution in [3.05, 3.63) is 63.1 Å². The second-order valence-electron chi connectivity index (χ2n) is 5.90. The van der Waals surface area contributed by atoms with Crippen molar-refractivity contribution in [3.63, 3.8) is 0 Å². The Balaban J connectivity index is 1.51. The summed E-state index contributed by atoms with van der Waals surface area (Å²) in [7, 11) is 0. The van der Waals surface area contributed by atoms with Crippen LogP contribution in [0.2, 0.25) is 5.02 Å². The highest BCUT2D eigenvalue weighted by atomic mass is 79.9. The van der Waals surface area contributed by atoms with Gasteiger partial charge in [-0.1, -0.05) is 39.7 Å². The molecule has 0 bridgehead atoms. The molecule has 3 rings (SSSR count). The van der Waals surface area contributed by atoms with Crippen LogP contribution in [0.15, 0.2) is 46.9 Å². The Bertz CT molecular complexity index is 731. The Kier molecular flexibility index (Phi) is 6.34. The van der Waals surface area contributed by atoms with Crippen molar-refractivity contribution in [3.8, 4) is 0 Å². The lowest BCUT2D eigenvalue weighted by Crippen LogP contribution is -2.36. The van der Waals surface area contributed by atoms with E-state index in [1.807, 2.05) is 6.07 Å². The van der Waals surface area contributed by atoms with E-state index in [1.54, 1.807) is 12.1 Å². The molecule has 25 heavy (non-hydrogen) atoms. The van der Waals surface area contributed by atoms with Crippen LogP contribution in [0.25, 0.3) is 0 Å². The summed E-state index contributed by atoms with van der Waals surface area (Å²) in [6.45, 7) is 4.00. The molecule has 132 valence electrons. The quantitative estimate of drug-likeness (QED) is 0.793. The molecule has 1 aliphatic heterocycles. The molecule has 2 aromatic rings. The maximum absolute atomic E-state index is 12.2. The average Bonchev–Trinajstić information content (AvgIpc) is 2.65. The molecule has 0 aromatic heterocycles. The Hall–Kier alpha value is -1.56. The van der Waals surface area contributed by atoms with Crippen LogP contribution in [0.5, 0.6) is 0 Å². The molecule has 1 N–H and O–H groups in total. The molecule has 0 saturated carbocycles. The van der Waals surface area contributed by atoms with Crippen LogP contribution in [0.3, 0.4) is 0 Å². The number of morpholine rings is 1. The SMILES string of the molecule is O=C(NCCc1ccc(N2CCOCC2)cc1)c1cc(Br)ccc1Cl. The van der Waals surface area contributed by atoms with Crippen molar-refractivity contribution in [2.24, 2.45) is 0 Å². The highest BCUT2D eigenvalue weighted by Crippen LogP contribution is 2.21. The normalized spacial score (nSPS) is 14.4. The maximum Gasteiger partial charge on any atom is 0.252 e. The van der Waals surface area contributed by atoms with E-state index in [1.165, 1.54) is 11.3 Å². The zero-order chi connectivity index (χ0) is 17.6. The van der Waals surface area contributed by atoms with Gasteiger partial charge in [0, 0.05) is 29.8 Å². The lowest BCUT2D eigenvalue weighted by molar-refractivity contribution is 0.0954. The van der Waals surface area contributed by atoms with E-state index in [9.17, 15) is 4.79 Å². The standard InChI is InChI=1S/C19H20BrClN2O2/c20-15-3-6-18(21)17(13-15)19(24)22-8-7-14-1-4-16(5-2-14)23-9-11-25-12-10-23/h1-6,13H,7-12H2,(H,22,24). The summed E-state index contributed by atoms with van der Waals surface area (Å²) in [5.41, 5.74) is 2.90. The number of nitrogens with zero attached hydrogens (tertiary/aromatic N) is 1. The average molecular weight is 424 g/mol. The minimum atomic E-state index is -0.156. The molecule has 1 amide bonds. The molecule has 0 spiro atoms. The molecule has 1 saturated heterocycles. The van der Waals surface area contributed by atoms with Gasteiger partial charge in [-0.25, -0.2) is 0 Å². The third-order valence-corrected chi connectivity index (χ3v) is 5.01. The molecule has 0 unspecified atom stereocenters. The molecule has 0 atom stereocenters. The van der Waals surface area contributed by atoms with E-state index in [-0.39, 0.29) is 5.91 Å². The van der Waals surface area contributed by atoms with Gasteiger partial charge in [0.05, 0.1) is 23.8 Å². The van der Waals surface area contributed by atoms with Gasteiger partial charge in [-0.3, -0.25) is 4.79 Å². The third kappa shape index (κ3) is 4.97. The van der Waals surface area contributed by atoms with Crippen molar-refractivity contribution in [1.29, 1.82) is 0 Å². The van der Waals surface area contributed by atoms with Gasteiger partial charge in [0.25, 0.3) is 5.91 Å². The molecule has 4 nitrogen and oxygen atoms in total. The highest BCUT2D eigenvalue weighted by Gasteiger charge is 2.12.